The summed E-state index contributed by atoms with van der Waals surface area (Å²) in [4.78, 5) is 4.44. The maximum atomic E-state index is 6.07. The lowest BCUT2D eigenvalue weighted by Crippen LogP contribution is -2.24. The van der Waals surface area contributed by atoms with Gasteiger partial charge in [0.2, 0.25) is 5.95 Å². The molecule has 3 nitrogen and oxygen atoms in total. The molecule has 0 saturated carbocycles. The molecule has 0 amide bonds. The highest BCUT2D eigenvalue weighted by atomic mass is 79.9. The molecule has 1 aliphatic rings. The molecule has 1 aromatic carbocycles. The van der Waals surface area contributed by atoms with Crippen LogP contribution in [0.25, 0.3) is 11.0 Å². The quantitative estimate of drug-likeness (QED) is 0.916. The Balaban J connectivity index is 2.05. The van der Waals surface area contributed by atoms with Gasteiger partial charge in [-0.2, -0.15) is 11.8 Å². The second-order valence-corrected chi connectivity index (χ2v) is 7.69. The number of nitrogens with zero attached hydrogens (tertiary/aromatic N) is 2. The van der Waals surface area contributed by atoms with Crippen LogP contribution < -0.4 is 5.73 Å². The number of thioether (sulfide) groups is 1. The van der Waals surface area contributed by atoms with Gasteiger partial charge in [-0.1, -0.05) is 15.9 Å². The molecule has 18 heavy (non-hydrogen) atoms. The van der Waals surface area contributed by atoms with Gasteiger partial charge in [0.05, 0.1) is 11.0 Å². The van der Waals surface area contributed by atoms with Crippen molar-refractivity contribution in [2.24, 2.45) is 0 Å². The number of fused-ring (bicyclic) bond motifs is 1. The molecule has 2 aromatic rings. The van der Waals surface area contributed by atoms with E-state index in [1.165, 1.54) is 18.6 Å². The van der Waals surface area contributed by atoms with E-state index in [-0.39, 0.29) is 0 Å². The average Bonchev–Trinajstić information content (AvgIpc) is 2.86. The third-order valence-electron chi connectivity index (χ3n) is 3.53. The minimum absolute atomic E-state index is 0.296. The third kappa shape index (κ3) is 2.14. The second kappa shape index (κ2) is 4.46. The van der Waals surface area contributed by atoms with Gasteiger partial charge in [-0.15, -0.1) is 0 Å². The lowest BCUT2D eigenvalue weighted by Gasteiger charge is -2.24. The van der Waals surface area contributed by atoms with Crippen molar-refractivity contribution in [1.29, 1.82) is 0 Å². The SMILES string of the molecule is CC1(Cn2c(N)nc3ccc(Br)cc32)CCCS1. The standard InChI is InChI=1S/C13H16BrN3S/c1-13(5-2-6-18-13)8-17-11-7-9(14)3-4-10(11)16-12(17)15/h3-4,7H,2,5-6,8H2,1H3,(H2,15,16). The first-order valence-electron chi connectivity index (χ1n) is 6.13. The number of imidazole rings is 1. The highest BCUT2D eigenvalue weighted by Crippen LogP contribution is 2.40. The van der Waals surface area contributed by atoms with Crippen LogP contribution in [-0.4, -0.2) is 20.1 Å². The first kappa shape index (κ1) is 12.4. The predicted octanol–water partition coefficient (Wildman–Crippen LogP) is 3.67. The molecule has 0 radical (unpaired) electrons. The number of nitrogens with two attached hydrogens (primary N) is 1. The Kier molecular flexibility index (Phi) is 3.06. The monoisotopic (exact) mass is 325 g/mol. The van der Waals surface area contributed by atoms with E-state index < -0.39 is 0 Å². The molecular formula is C13H16BrN3S. The number of benzene rings is 1. The smallest absolute Gasteiger partial charge is 0.201 e. The maximum absolute atomic E-state index is 6.07. The average molecular weight is 326 g/mol. The highest BCUT2D eigenvalue weighted by Gasteiger charge is 2.31. The van der Waals surface area contributed by atoms with Crippen LogP contribution in [0.3, 0.4) is 0 Å². The van der Waals surface area contributed by atoms with Crippen LogP contribution in [0.2, 0.25) is 0 Å². The number of aromatic nitrogens is 2. The Bertz CT molecular complexity index is 587. The molecule has 1 saturated heterocycles. The Labute approximate surface area is 119 Å². The van der Waals surface area contributed by atoms with E-state index in [9.17, 15) is 0 Å². The Morgan fingerprint density at radius 3 is 3.11 bits per heavy atom. The van der Waals surface area contributed by atoms with E-state index in [2.05, 4.69) is 38.5 Å². The molecule has 2 heterocycles. The Morgan fingerprint density at radius 1 is 1.56 bits per heavy atom. The normalized spacial score (nSPS) is 23.9. The van der Waals surface area contributed by atoms with E-state index in [0.717, 1.165) is 22.1 Å². The minimum atomic E-state index is 0.296. The maximum Gasteiger partial charge on any atom is 0.201 e. The fourth-order valence-corrected chi connectivity index (χ4v) is 4.22. The predicted molar refractivity (Wildman–Crippen MR) is 81.9 cm³/mol. The molecule has 1 aliphatic heterocycles. The summed E-state index contributed by atoms with van der Waals surface area (Å²) < 4.78 is 3.52. The minimum Gasteiger partial charge on any atom is -0.369 e. The molecule has 2 N–H and O–H groups in total. The molecule has 1 aromatic heterocycles. The fourth-order valence-electron chi connectivity index (χ4n) is 2.58. The fraction of sp³-hybridized carbons (Fsp3) is 0.462. The Hall–Kier alpha value is -0.680. The van der Waals surface area contributed by atoms with Crippen molar-refractivity contribution in [3.8, 4) is 0 Å². The van der Waals surface area contributed by atoms with Gasteiger partial charge in [-0.05, 0) is 43.7 Å². The van der Waals surface area contributed by atoms with Gasteiger partial charge in [0.15, 0.2) is 0 Å². The number of anilines is 1. The summed E-state index contributed by atoms with van der Waals surface area (Å²) in [5.74, 6) is 1.88. The molecule has 0 aliphatic carbocycles. The zero-order chi connectivity index (χ0) is 12.8. The molecule has 96 valence electrons. The van der Waals surface area contributed by atoms with Crippen LogP contribution in [0.4, 0.5) is 5.95 Å². The highest BCUT2D eigenvalue weighted by molar-refractivity contribution is 9.10. The van der Waals surface area contributed by atoms with Gasteiger partial charge in [-0.25, -0.2) is 4.98 Å². The van der Waals surface area contributed by atoms with Crippen LogP contribution >= 0.6 is 27.7 Å². The number of rotatable bonds is 2. The van der Waals surface area contributed by atoms with Crippen molar-refractivity contribution in [3.63, 3.8) is 0 Å². The van der Waals surface area contributed by atoms with Gasteiger partial charge >= 0.3 is 0 Å². The van der Waals surface area contributed by atoms with Gasteiger partial charge in [0.1, 0.15) is 0 Å². The summed E-state index contributed by atoms with van der Waals surface area (Å²) in [6.07, 6.45) is 2.56. The molecular weight excluding hydrogens is 310 g/mol. The van der Waals surface area contributed by atoms with E-state index in [4.69, 9.17) is 5.73 Å². The molecule has 1 atom stereocenters. The first-order chi connectivity index (χ1) is 8.57. The third-order valence-corrected chi connectivity index (χ3v) is 5.55. The van der Waals surface area contributed by atoms with E-state index >= 15 is 0 Å². The van der Waals surface area contributed by atoms with E-state index in [1.54, 1.807) is 0 Å². The summed E-state index contributed by atoms with van der Waals surface area (Å²) in [6, 6.07) is 6.11. The van der Waals surface area contributed by atoms with Crippen molar-refractivity contribution in [2.45, 2.75) is 31.1 Å². The number of halogens is 1. The van der Waals surface area contributed by atoms with E-state index in [1.807, 2.05) is 23.9 Å². The van der Waals surface area contributed by atoms with Crippen molar-refractivity contribution < 1.29 is 0 Å². The molecule has 5 heteroatoms. The zero-order valence-corrected chi connectivity index (χ0v) is 12.7. The van der Waals surface area contributed by atoms with Crippen LogP contribution in [-0.2, 0) is 6.54 Å². The van der Waals surface area contributed by atoms with Gasteiger partial charge < -0.3 is 10.3 Å². The molecule has 1 unspecified atom stereocenters. The lowest BCUT2D eigenvalue weighted by atomic mass is 10.1. The van der Waals surface area contributed by atoms with Crippen LogP contribution in [0.5, 0.6) is 0 Å². The van der Waals surface area contributed by atoms with Crippen molar-refractivity contribution in [2.75, 3.05) is 11.5 Å². The summed E-state index contributed by atoms with van der Waals surface area (Å²) in [6.45, 7) is 3.27. The Morgan fingerprint density at radius 2 is 2.39 bits per heavy atom. The summed E-state index contributed by atoms with van der Waals surface area (Å²) in [5.41, 5.74) is 8.16. The van der Waals surface area contributed by atoms with Crippen molar-refractivity contribution in [1.82, 2.24) is 9.55 Å². The summed E-state index contributed by atoms with van der Waals surface area (Å²) >= 11 is 5.56. The lowest BCUT2D eigenvalue weighted by molar-refractivity contribution is 0.522. The molecule has 3 rings (SSSR count). The first-order valence-corrected chi connectivity index (χ1v) is 7.90. The van der Waals surface area contributed by atoms with Crippen LogP contribution in [0.15, 0.2) is 22.7 Å². The van der Waals surface area contributed by atoms with Crippen LogP contribution in [0, 0.1) is 0 Å². The van der Waals surface area contributed by atoms with Gasteiger partial charge in [0.25, 0.3) is 0 Å². The second-order valence-electron chi connectivity index (χ2n) is 5.09. The molecule has 0 bridgehead atoms. The largest absolute Gasteiger partial charge is 0.369 e. The van der Waals surface area contributed by atoms with Crippen molar-refractivity contribution >= 4 is 44.7 Å². The molecule has 1 fully saturated rings. The summed E-state index contributed by atoms with van der Waals surface area (Å²) in [7, 11) is 0. The number of hydrogen-bond acceptors (Lipinski definition) is 3. The van der Waals surface area contributed by atoms with Crippen molar-refractivity contribution in [3.05, 3.63) is 22.7 Å². The topological polar surface area (TPSA) is 43.8 Å². The van der Waals surface area contributed by atoms with Gasteiger partial charge in [-0.3, -0.25) is 0 Å². The summed E-state index contributed by atoms with van der Waals surface area (Å²) in [5, 5.41) is 0. The zero-order valence-electron chi connectivity index (χ0n) is 10.3. The molecule has 0 spiro atoms. The van der Waals surface area contributed by atoms with Gasteiger partial charge in [0, 0.05) is 15.8 Å². The number of hydrogen-bond donors (Lipinski definition) is 1. The van der Waals surface area contributed by atoms with E-state index in [0.29, 0.717) is 10.7 Å². The number of nitrogen functional groups attached to an aromatic ring is 1. The van der Waals surface area contributed by atoms with Crippen LogP contribution in [0.1, 0.15) is 19.8 Å².